The van der Waals surface area contributed by atoms with Crippen LogP contribution in [0.25, 0.3) is 0 Å². The summed E-state index contributed by atoms with van der Waals surface area (Å²) >= 11 is 0. The van der Waals surface area contributed by atoms with Gasteiger partial charge in [-0.3, -0.25) is 4.79 Å². The summed E-state index contributed by atoms with van der Waals surface area (Å²) in [5, 5.41) is 6.17. The molecule has 0 saturated carbocycles. The minimum Gasteiger partial charge on any atom is -0.351 e. The SMILES string of the molecule is CC(C)CNCCC(=O)NC(C)(C)C. The molecule has 84 valence electrons. The molecule has 0 aliphatic carbocycles. The zero-order valence-electron chi connectivity index (χ0n) is 10.1. The van der Waals surface area contributed by atoms with Crippen molar-refractivity contribution in [1.29, 1.82) is 0 Å². The molecule has 0 aromatic heterocycles. The first-order valence-electron chi connectivity index (χ1n) is 5.33. The van der Waals surface area contributed by atoms with E-state index < -0.39 is 0 Å². The predicted octanol–water partition coefficient (Wildman–Crippen LogP) is 1.54. The van der Waals surface area contributed by atoms with Gasteiger partial charge in [-0.05, 0) is 33.2 Å². The smallest absolute Gasteiger partial charge is 0.221 e. The molecule has 0 fully saturated rings. The van der Waals surface area contributed by atoms with E-state index in [0.717, 1.165) is 13.1 Å². The van der Waals surface area contributed by atoms with E-state index in [4.69, 9.17) is 0 Å². The highest BCUT2D eigenvalue weighted by Gasteiger charge is 2.12. The highest BCUT2D eigenvalue weighted by Crippen LogP contribution is 1.98. The van der Waals surface area contributed by atoms with Crippen molar-refractivity contribution < 1.29 is 4.79 Å². The van der Waals surface area contributed by atoms with Crippen LogP contribution in [0.1, 0.15) is 41.0 Å². The van der Waals surface area contributed by atoms with E-state index in [2.05, 4.69) is 24.5 Å². The molecule has 0 saturated heterocycles. The summed E-state index contributed by atoms with van der Waals surface area (Å²) in [5.41, 5.74) is -0.116. The second-order valence-electron chi connectivity index (χ2n) is 5.15. The number of carbonyl (C=O) groups is 1. The number of amides is 1. The lowest BCUT2D eigenvalue weighted by atomic mass is 10.1. The van der Waals surface area contributed by atoms with Gasteiger partial charge in [-0.25, -0.2) is 0 Å². The number of hydrogen-bond donors (Lipinski definition) is 2. The Hall–Kier alpha value is -0.570. The van der Waals surface area contributed by atoms with Crippen molar-refractivity contribution in [1.82, 2.24) is 10.6 Å². The molecule has 0 heterocycles. The molecule has 14 heavy (non-hydrogen) atoms. The van der Waals surface area contributed by atoms with Crippen LogP contribution in [0.2, 0.25) is 0 Å². The van der Waals surface area contributed by atoms with Gasteiger partial charge in [0.05, 0.1) is 0 Å². The van der Waals surface area contributed by atoms with Crippen molar-refractivity contribution in [3.05, 3.63) is 0 Å². The van der Waals surface area contributed by atoms with E-state index in [1.165, 1.54) is 0 Å². The molecule has 0 aromatic carbocycles. The Bertz CT molecular complexity index is 171. The molecular formula is C11H24N2O. The maximum atomic E-state index is 11.4. The molecule has 0 bridgehead atoms. The second-order valence-corrected chi connectivity index (χ2v) is 5.15. The number of rotatable bonds is 5. The Kier molecular flexibility index (Phi) is 5.77. The Labute approximate surface area is 87.6 Å². The standard InChI is InChI=1S/C11H24N2O/c1-9(2)8-12-7-6-10(14)13-11(3,4)5/h9,12H,6-8H2,1-5H3,(H,13,14). The molecule has 0 unspecified atom stereocenters. The van der Waals surface area contributed by atoms with Crippen LogP contribution in [0.15, 0.2) is 0 Å². The van der Waals surface area contributed by atoms with Gasteiger partial charge in [-0.15, -0.1) is 0 Å². The topological polar surface area (TPSA) is 41.1 Å². The van der Waals surface area contributed by atoms with Crippen molar-refractivity contribution in [2.24, 2.45) is 5.92 Å². The largest absolute Gasteiger partial charge is 0.351 e. The Balaban J connectivity index is 3.46. The van der Waals surface area contributed by atoms with E-state index in [1.807, 2.05) is 20.8 Å². The summed E-state index contributed by atoms with van der Waals surface area (Å²) < 4.78 is 0. The molecule has 1 amide bonds. The highest BCUT2D eigenvalue weighted by atomic mass is 16.1. The van der Waals surface area contributed by atoms with Gasteiger partial charge >= 0.3 is 0 Å². The second kappa shape index (κ2) is 6.02. The fourth-order valence-electron chi connectivity index (χ4n) is 1.07. The van der Waals surface area contributed by atoms with Gasteiger partial charge in [0.25, 0.3) is 0 Å². The van der Waals surface area contributed by atoms with Crippen molar-refractivity contribution in [3.63, 3.8) is 0 Å². The zero-order chi connectivity index (χ0) is 11.2. The Morgan fingerprint density at radius 1 is 1.29 bits per heavy atom. The summed E-state index contributed by atoms with van der Waals surface area (Å²) in [5.74, 6) is 0.759. The van der Waals surface area contributed by atoms with Crippen molar-refractivity contribution in [2.75, 3.05) is 13.1 Å². The highest BCUT2D eigenvalue weighted by molar-refractivity contribution is 5.76. The fourth-order valence-corrected chi connectivity index (χ4v) is 1.07. The zero-order valence-corrected chi connectivity index (χ0v) is 10.1. The Morgan fingerprint density at radius 2 is 1.86 bits per heavy atom. The molecule has 3 heteroatoms. The van der Waals surface area contributed by atoms with Crippen LogP contribution in [-0.2, 0) is 4.79 Å². The first-order valence-corrected chi connectivity index (χ1v) is 5.33. The van der Waals surface area contributed by atoms with Gasteiger partial charge in [0.15, 0.2) is 0 Å². The average molecular weight is 200 g/mol. The molecule has 0 atom stereocenters. The maximum absolute atomic E-state index is 11.4. The summed E-state index contributed by atoms with van der Waals surface area (Å²) in [7, 11) is 0. The van der Waals surface area contributed by atoms with Crippen molar-refractivity contribution >= 4 is 5.91 Å². The van der Waals surface area contributed by atoms with Gasteiger partial charge in [-0.1, -0.05) is 13.8 Å². The van der Waals surface area contributed by atoms with Gasteiger partial charge in [0.1, 0.15) is 0 Å². The average Bonchev–Trinajstić information content (AvgIpc) is 1.94. The summed E-state index contributed by atoms with van der Waals surface area (Å²) in [6, 6.07) is 0. The van der Waals surface area contributed by atoms with E-state index >= 15 is 0 Å². The molecule has 0 spiro atoms. The number of nitrogens with one attached hydrogen (secondary N) is 2. The van der Waals surface area contributed by atoms with Crippen LogP contribution in [0.3, 0.4) is 0 Å². The van der Waals surface area contributed by atoms with E-state index in [1.54, 1.807) is 0 Å². The van der Waals surface area contributed by atoms with Crippen molar-refractivity contribution in [2.45, 2.75) is 46.6 Å². The molecule has 3 nitrogen and oxygen atoms in total. The van der Waals surface area contributed by atoms with Crippen LogP contribution < -0.4 is 10.6 Å². The molecule has 2 N–H and O–H groups in total. The maximum Gasteiger partial charge on any atom is 0.221 e. The fraction of sp³-hybridized carbons (Fsp3) is 0.909. The molecule has 0 rings (SSSR count). The lowest BCUT2D eigenvalue weighted by Gasteiger charge is -2.20. The lowest BCUT2D eigenvalue weighted by molar-refractivity contribution is -0.122. The summed E-state index contributed by atoms with van der Waals surface area (Å²) in [4.78, 5) is 11.4. The van der Waals surface area contributed by atoms with E-state index in [0.29, 0.717) is 12.3 Å². The molecule has 0 aromatic rings. The third kappa shape index (κ3) is 9.52. The van der Waals surface area contributed by atoms with Crippen molar-refractivity contribution in [3.8, 4) is 0 Å². The van der Waals surface area contributed by atoms with Crippen LogP contribution in [0.4, 0.5) is 0 Å². The molecule has 0 aliphatic rings. The quantitative estimate of drug-likeness (QED) is 0.661. The van der Waals surface area contributed by atoms with Crippen LogP contribution in [0, 0.1) is 5.92 Å². The third-order valence-electron chi connectivity index (χ3n) is 1.60. The monoisotopic (exact) mass is 200 g/mol. The van der Waals surface area contributed by atoms with Gasteiger partial charge < -0.3 is 10.6 Å². The van der Waals surface area contributed by atoms with Gasteiger partial charge in [0.2, 0.25) is 5.91 Å². The lowest BCUT2D eigenvalue weighted by Crippen LogP contribution is -2.41. The van der Waals surface area contributed by atoms with E-state index in [-0.39, 0.29) is 11.4 Å². The predicted molar refractivity (Wildman–Crippen MR) is 60.2 cm³/mol. The van der Waals surface area contributed by atoms with Crippen LogP contribution >= 0.6 is 0 Å². The molecule has 0 radical (unpaired) electrons. The minimum atomic E-state index is -0.116. The third-order valence-corrected chi connectivity index (χ3v) is 1.60. The normalized spacial score (nSPS) is 11.9. The molecule has 0 aliphatic heterocycles. The van der Waals surface area contributed by atoms with E-state index in [9.17, 15) is 4.79 Å². The minimum absolute atomic E-state index is 0.116. The van der Waals surface area contributed by atoms with Gasteiger partial charge in [-0.2, -0.15) is 0 Å². The summed E-state index contributed by atoms with van der Waals surface area (Å²) in [6.07, 6.45) is 0.560. The molecular weight excluding hydrogens is 176 g/mol. The number of hydrogen-bond acceptors (Lipinski definition) is 2. The van der Waals surface area contributed by atoms with Gasteiger partial charge in [0, 0.05) is 18.5 Å². The van der Waals surface area contributed by atoms with Crippen LogP contribution in [-0.4, -0.2) is 24.5 Å². The Morgan fingerprint density at radius 3 is 2.29 bits per heavy atom. The first-order chi connectivity index (χ1) is 6.31. The van der Waals surface area contributed by atoms with Crippen LogP contribution in [0.5, 0.6) is 0 Å². The first kappa shape index (κ1) is 13.4. The number of carbonyl (C=O) groups excluding carboxylic acids is 1. The summed E-state index contributed by atoms with van der Waals surface area (Å²) in [6.45, 7) is 12.0.